The lowest BCUT2D eigenvalue weighted by atomic mass is 9.98. The number of allylic oxidation sites excluding steroid dienone is 1. The van der Waals surface area contributed by atoms with Gasteiger partial charge in [0.2, 0.25) is 0 Å². The van der Waals surface area contributed by atoms with Gasteiger partial charge in [0.05, 0.1) is 13.2 Å². The Morgan fingerprint density at radius 1 is 0.958 bits per heavy atom. The molecule has 0 bridgehead atoms. The fraction of sp³-hybridized carbons (Fsp3) is 0.500. The van der Waals surface area contributed by atoms with Gasteiger partial charge in [-0.15, -0.1) is 0 Å². The molecule has 4 heteroatoms. The predicted octanol–water partition coefficient (Wildman–Crippen LogP) is 4.40. The maximum absolute atomic E-state index is 12.3. The number of unbranched alkanes of at least 4 members (excludes halogenated alkanes) is 2. The highest BCUT2D eigenvalue weighted by Crippen LogP contribution is 2.19. The SMILES string of the molecule is CCCCOC(=O)C(=C[C@@H](C)c1ccccc1)C(=O)OCCCC. The lowest BCUT2D eigenvalue weighted by Gasteiger charge is -2.12. The van der Waals surface area contributed by atoms with Gasteiger partial charge in [-0.25, -0.2) is 9.59 Å². The van der Waals surface area contributed by atoms with Crippen LogP contribution in [0.25, 0.3) is 0 Å². The number of ether oxygens (including phenoxy) is 2. The molecule has 0 aromatic heterocycles. The largest absolute Gasteiger partial charge is 0.462 e. The van der Waals surface area contributed by atoms with E-state index in [2.05, 4.69) is 0 Å². The highest BCUT2D eigenvalue weighted by Gasteiger charge is 2.22. The first-order valence-electron chi connectivity index (χ1n) is 8.71. The average Bonchev–Trinajstić information content (AvgIpc) is 2.60. The van der Waals surface area contributed by atoms with Gasteiger partial charge in [0.1, 0.15) is 5.57 Å². The molecule has 0 saturated carbocycles. The number of esters is 2. The fourth-order valence-electron chi connectivity index (χ4n) is 2.10. The summed E-state index contributed by atoms with van der Waals surface area (Å²) in [6.45, 7) is 6.60. The van der Waals surface area contributed by atoms with Crippen molar-refractivity contribution in [1.82, 2.24) is 0 Å². The van der Waals surface area contributed by atoms with Crippen LogP contribution in [0.5, 0.6) is 0 Å². The smallest absolute Gasteiger partial charge is 0.345 e. The molecule has 0 fully saturated rings. The first kappa shape index (κ1) is 19.9. The van der Waals surface area contributed by atoms with Gasteiger partial charge in [-0.05, 0) is 18.4 Å². The van der Waals surface area contributed by atoms with Crippen molar-refractivity contribution in [3.05, 3.63) is 47.5 Å². The predicted molar refractivity (Wildman–Crippen MR) is 94.7 cm³/mol. The summed E-state index contributed by atoms with van der Waals surface area (Å²) in [6.07, 6.45) is 5.04. The summed E-state index contributed by atoms with van der Waals surface area (Å²) in [5, 5.41) is 0. The number of benzene rings is 1. The Kier molecular flexibility index (Phi) is 9.51. The van der Waals surface area contributed by atoms with E-state index >= 15 is 0 Å². The second-order valence-corrected chi connectivity index (χ2v) is 5.76. The first-order chi connectivity index (χ1) is 11.6. The van der Waals surface area contributed by atoms with Crippen molar-refractivity contribution < 1.29 is 19.1 Å². The second-order valence-electron chi connectivity index (χ2n) is 5.76. The van der Waals surface area contributed by atoms with E-state index in [1.807, 2.05) is 51.1 Å². The van der Waals surface area contributed by atoms with E-state index in [4.69, 9.17) is 9.47 Å². The van der Waals surface area contributed by atoms with E-state index in [0.29, 0.717) is 13.2 Å². The normalized spacial score (nSPS) is 11.5. The molecule has 0 amide bonds. The van der Waals surface area contributed by atoms with Gasteiger partial charge in [0.25, 0.3) is 0 Å². The quantitative estimate of drug-likeness (QED) is 0.209. The van der Waals surface area contributed by atoms with Crippen LogP contribution in [-0.2, 0) is 19.1 Å². The van der Waals surface area contributed by atoms with Gasteiger partial charge >= 0.3 is 11.9 Å². The van der Waals surface area contributed by atoms with E-state index in [-0.39, 0.29) is 11.5 Å². The molecule has 0 aliphatic heterocycles. The minimum Gasteiger partial charge on any atom is -0.462 e. The lowest BCUT2D eigenvalue weighted by molar-refractivity contribution is -0.147. The van der Waals surface area contributed by atoms with Crippen molar-refractivity contribution in [2.24, 2.45) is 0 Å². The van der Waals surface area contributed by atoms with Crippen LogP contribution >= 0.6 is 0 Å². The molecule has 132 valence electrons. The molecule has 0 heterocycles. The minimum atomic E-state index is -0.604. The number of rotatable bonds is 10. The highest BCUT2D eigenvalue weighted by atomic mass is 16.6. The summed E-state index contributed by atoms with van der Waals surface area (Å²) < 4.78 is 10.4. The summed E-state index contributed by atoms with van der Waals surface area (Å²) in [5.41, 5.74) is 1.01. The van der Waals surface area contributed by atoms with E-state index in [0.717, 1.165) is 31.2 Å². The molecular weight excluding hydrogens is 304 g/mol. The van der Waals surface area contributed by atoms with Crippen LogP contribution < -0.4 is 0 Å². The summed E-state index contributed by atoms with van der Waals surface area (Å²) in [7, 11) is 0. The van der Waals surface area contributed by atoms with Crippen LogP contribution in [0.2, 0.25) is 0 Å². The summed E-state index contributed by atoms with van der Waals surface area (Å²) in [6, 6.07) is 9.71. The Morgan fingerprint density at radius 3 is 1.92 bits per heavy atom. The molecule has 0 N–H and O–H groups in total. The zero-order valence-corrected chi connectivity index (χ0v) is 14.9. The van der Waals surface area contributed by atoms with Crippen molar-refractivity contribution in [3.8, 4) is 0 Å². The van der Waals surface area contributed by atoms with Gasteiger partial charge in [0.15, 0.2) is 0 Å². The molecule has 4 nitrogen and oxygen atoms in total. The maximum atomic E-state index is 12.3. The van der Waals surface area contributed by atoms with Crippen molar-refractivity contribution in [3.63, 3.8) is 0 Å². The lowest BCUT2D eigenvalue weighted by Crippen LogP contribution is -2.20. The number of hydrogen-bond donors (Lipinski definition) is 0. The molecule has 0 aliphatic carbocycles. The molecule has 1 aromatic rings. The topological polar surface area (TPSA) is 52.6 Å². The molecule has 0 radical (unpaired) electrons. The summed E-state index contributed by atoms with van der Waals surface area (Å²) >= 11 is 0. The third-order valence-corrected chi connectivity index (χ3v) is 3.64. The Morgan fingerprint density at radius 2 is 1.46 bits per heavy atom. The molecule has 0 spiro atoms. The number of hydrogen-bond acceptors (Lipinski definition) is 4. The first-order valence-corrected chi connectivity index (χ1v) is 8.71. The van der Waals surface area contributed by atoms with Crippen LogP contribution in [0, 0.1) is 0 Å². The summed E-state index contributed by atoms with van der Waals surface area (Å²) in [4.78, 5) is 24.5. The molecule has 1 rings (SSSR count). The van der Waals surface area contributed by atoms with E-state index in [9.17, 15) is 9.59 Å². The maximum Gasteiger partial charge on any atom is 0.345 e. The fourth-order valence-corrected chi connectivity index (χ4v) is 2.10. The molecule has 0 aliphatic rings. The highest BCUT2D eigenvalue weighted by molar-refractivity contribution is 6.14. The Hall–Kier alpha value is -2.10. The van der Waals surface area contributed by atoms with Crippen LogP contribution in [0.4, 0.5) is 0 Å². The van der Waals surface area contributed by atoms with Gasteiger partial charge < -0.3 is 9.47 Å². The molecule has 1 aromatic carbocycles. The Bertz CT molecular complexity index is 510. The molecular formula is C20H28O4. The zero-order valence-electron chi connectivity index (χ0n) is 14.9. The van der Waals surface area contributed by atoms with Crippen molar-refractivity contribution in [2.75, 3.05) is 13.2 Å². The van der Waals surface area contributed by atoms with Gasteiger partial charge in [-0.1, -0.05) is 70.0 Å². The number of carbonyl (C=O) groups excluding carboxylic acids is 2. The molecule has 24 heavy (non-hydrogen) atoms. The van der Waals surface area contributed by atoms with Crippen LogP contribution in [0.1, 0.15) is 57.9 Å². The zero-order chi connectivity index (χ0) is 17.8. The van der Waals surface area contributed by atoms with Crippen molar-refractivity contribution >= 4 is 11.9 Å². The van der Waals surface area contributed by atoms with E-state index < -0.39 is 11.9 Å². The Balaban J connectivity index is 2.88. The third kappa shape index (κ3) is 6.99. The summed E-state index contributed by atoms with van der Waals surface area (Å²) in [5.74, 6) is -1.29. The van der Waals surface area contributed by atoms with Gasteiger partial charge in [0, 0.05) is 5.92 Å². The molecule has 0 unspecified atom stereocenters. The average molecular weight is 332 g/mol. The monoisotopic (exact) mass is 332 g/mol. The van der Waals surface area contributed by atoms with E-state index in [1.165, 1.54) is 0 Å². The van der Waals surface area contributed by atoms with Gasteiger partial charge in [-0.2, -0.15) is 0 Å². The molecule has 1 atom stereocenters. The van der Waals surface area contributed by atoms with Crippen molar-refractivity contribution in [1.29, 1.82) is 0 Å². The van der Waals surface area contributed by atoms with Gasteiger partial charge in [-0.3, -0.25) is 0 Å². The standard InChI is InChI=1S/C20H28O4/c1-4-6-13-23-19(21)18(20(22)24-14-7-5-2)15-16(3)17-11-9-8-10-12-17/h8-12,15-16H,4-7,13-14H2,1-3H3/t16-/m1/s1. The van der Waals surface area contributed by atoms with E-state index in [1.54, 1.807) is 6.08 Å². The Labute approximate surface area is 144 Å². The van der Waals surface area contributed by atoms with Crippen LogP contribution in [0.15, 0.2) is 42.0 Å². The van der Waals surface area contributed by atoms with Crippen LogP contribution in [0.3, 0.4) is 0 Å². The molecule has 0 saturated heterocycles. The van der Waals surface area contributed by atoms with Crippen LogP contribution in [-0.4, -0.2) is 25.2 Å². The van der Waals surface area contributed by atoms with Crippen molar-refractivity contribution in [2.45, 2.75) is 52.4 Å². The second kappa shape index (κ2) is 11.4. The minimum absolute atomic E-state index is 0.0152. The number of carbonyl (C=O) groups is 2. The third-order valence-electron chi connectivity index (χ3n) is 3.64.